The summed E-state index contributed by atoms with van der Waals surface area (Å²) < 4.78 is 0. The first-order chi connectivity index (χ1) is 15.6. The number of hydrogen-bond donors (Lipinski definition) is 1. The molecular formula is C28H39N3O. The molecule has 4 aliphatic rings. The molecule has 2 aromatic rings. The molecule has 4 aliphatic heterocycles. The first-order valence-electron chi connectivity index (χ1n) is 12.6. The second kappa shape index (κ2) is 9.64. The van der Waals surface area contributed by atoms with Crippen molar-refractivity contribution in [1.29, 1.82) is 0 Å². The second-order valence-electron chi connectivity index (χ2n) is 10.4. The van der Waals surface area contributed by atoms with Crippen LogP contribution in [-0.4, -0.2) is 72.7 Å². The maximum Gasteiger partial charge on any atom is 0.0942 e. The van der Waals surface area contributed by atoms with E-state index in [0.717, 1.165) is 57.7 Å². The fourth-order valence-corrected chi connectivity index (χ4v) is 6.19. The third kappa shape index (κ3) is 4.79. The summed E-state index contributed by atoms with van der Waals surface area (Å²) in [5.74, 6) is 0.986. The van der Waals surface area contributed by atoms with Gasteiger partial charge in [0.2, 0.25) is 0 Å². The lowest BCUT2D eigenvalue weighted by atomic mass is 9.66. The number of benzene rings is 2. The van der Waals surface area contributed by atoms with Crippen molar-refractivity contribution in [3.63, 3.8) is 0 Å². The van der Waals surface area contributed by atoms with Crippen molar-refractivity contribution in [2.75, 3.05) is 52.9 Å². The molecule has 4 saturated heterocycles. The molecule has 2 bridgehead atoms. The zero-order valence-electron chi connectivity index (χ0n) is 19.6. The second-order valence-corrected chi connectivity index (χ2v) is 10.4. The Morgan fingerprint density at radius 1 is 0.844 bits per heavy atom. The van der Waals surface area contributed by atoms with Crippen molar-refractivity contribution in [2.24, 2.45) is 11.8 Å². The van der Waals surface area contributed by atoms with Gasteiger partial charge in [-0.1, -0.05) is 54.6 Å². The molecule has 4 nitrogen and oxygen atoms in total. The van der Waals surface area contributed by atoms with Crippen LogP contribution in [0, 0.1) is 11.8 Å². The molecule has 0 radical (unpaired) electrons. The SMILES string of the molecule is CN1CCN(Cc2ccc(CCC(O)(c3ccccc3)C3CN4CCC3CC4)cc2)CC1. The smallest absolute Gasteiger partial charge is 0.0942 e. The average molecular weight is 434 g/mol. The fraction of sp³-hybridized carbons (Fsp3) is 0.571. The molecule has 0 spiro atoms. The quantitative estimate of drug-likeness (QED) is 0.723. The summed E-state index contributed by atoms with van der Waals surface area (Å²) >= 11 is 0. The van der Waals surface area contributed by atoms with Gasteiger partial charge in [-0.3, -0.25) is 4.90 Å². The number of fused-ring (bicyclic) bond motifs is 3. The lowest BCUT2D eigenvalue weighted by Gasteiger charge is -2.51. The predicted octanol–water partition coefficient (Wildman–Crippen LogP) is 3.60. The van der Waals surface area contributed by atoms with Gasteiger partial charge < -0.3 is 14.9 Å². The van der Waals surface area contributed by atoms with E-state index in [1.165, 1.54) is 37.1 Å². The van der Waals surface area contributed by atoms with Gasteiger partial charge in [0.25, 0.3) is 0 Å². The Kier molecular flexibility index (Phi) is 6.66. The van der Waals surface area contributed by atoms with E-state index in [2.05, 4.69) is 76.3 Å². The van der Waals surface area contributed by atoms with Crippen LogP contribution in [0.4, 0.5) is 0 Å². The molecule has 4 heteroatoms. The van der Waals surface area contributed by atoms with E-state index in [0.29, 0.717) is 11.8 Å². The van der Waals surface area contributed by atoms with Crippen LogP contribution in [0.1, 0.15) is 36.0 Å². The average Bonchev–Trinajstić information content (AvgIpc) is 2.86. The summed E-state index contributed by atoms with van der Waals surface area (Å²) in [7, 11) is 2.21. The molecule has 0 aliphatic carbocycles. The van der Waals surface area contributed by atoms with Gasteiger partial charge in [-0.2, -0.15) is 0 Å². The number of piperazine rings is 1. The van der Waals surface area contributed by atoms with Crippen molar-refractivity contribution >= 4 is 0 Å². The van der Waals surface area contributed by atoms with E-state index >= 15 is 0 Å². The minimum atomic E-state index is -0.747. The van der Waals surface area contributed by atoms with Gasteiger partial charge in [-0.05, 0) is 68.4 Å². The third-order valence-electron chi connectivity index (χ3n) is 8.36. The fourth-order valence-electron chi connectivity index (χ4n) is 6.19. The number of rotatable bonds is 7. The molecular weight excluding hydrogens is 394 g/mol. The van der Waals surface area contributed by atoms with Crippen LogP contribution < -0.4 is 0 Å². The highest BCUT2D eigenvalue weighted by Gasteiger charge is 2.47. The van der Waals surface area contributed by atoms with Crippen LogP contribution in [0.2, 0.25) is 0 Å². The predicted molar refractivity (Wildman–Crippen MR) is 131 cm³/mol. The third-order valence-corrected chi connectivity index (χ3v) is 8.36. The number of hydrogen-bond acceptors (Lipinski definition) is 4. The maximum absolute atomic E-state index is 12.1. The lowest BCUT2D eigenvalue weighted by molar-refractivity contribution is -0.106. The van der Waals surface area contributed by atoms with E-state index in [1.807, 2.05) is 0 Å². The first kappa shape index (κ1) is 22.1. The highest BCUT2D eigenvalue weighted by atomic mass is 16.3. The highest BCUT2D eigenvalue weighted by molar-refractivity contribution is 5.27. The number of aryl methyl sites for hydroxylation is 1. The summed E-state index contributed by atoms with van der Waals surface area (Å²) in [6, 6.07) is 19.6. The van der Waals surface area contributed by atoms with Gasteiger partial charge in [0.1, 0.15) is 0 Å². The van der Waals surface area contributed by atoms with Crippen LogP contribution >= 0.6 is 0 Å². The monoisotopic (exact) mass is 433 g/mol. The number of piperidine rings is 3. The Labute approximate surface area is 193 Å². The first-order valence-corrected chi connectivity index (χ1v) is 12.6. The maximum atomic E-state index is 12.1. The molecule has 0 aromatic heterocycles. The van der Waals surface area contributed by atoms with Gasteiger partial charge in [0.05, 0.1) is 5.60 Å². The van der Waals surface area contributed by atoms with Crippen LogP contribution in [-0.2, 0) is 18.6 Å². The summed E-state index contributed by atoms with van der Waals surface area (Å²) in [5, 5.41) is 12.1. The number of nitrogens with zero attached hydrogens (tertiary/aromatic N) is 3. The van der Waals surface area contributed by atoms with Crippen molar-refractivity contribution in [3.05, 3.63) is 71.3 Å². The molecule has 0 saturated carbocycles. The van der Waals surface area contributed by atoms with Crippen LogP contribution in [0.15, 0.2) is 54.6 Å². The molecule has 6 rings (SSSR count). The van der Waals surface area contributed by atoms with Gasteiger partial charge in [-0.15, -0.1) is 0 Å². The molecule has 4 fully saturated rings. The zero-order chi connectivity index (χ0) is 22.0. The lowest BCUT2D eigenvalue weighted by Crippen LogP contribution is -2.55. The van der Waals surface area contributed by atoms with Crippen LogP contribution in [0.5, 0.6) is 0 Å². The Bertz CT molecular complexity index is 854. The minimum absolute atomic E-state index is 0.337. The van der Waals surface area contributed by atoms with Gasteiger partial charge in [0, 0.05) is 45.2 Å². The minimum Gasteiger partial charge on any atom is -0.385 e. The Hall–Kier alpha value is -1.72. The molecule has 0 amide bonds. The highest BCUT2D eigenvalue weighted by Crippen LogP contribution is 2.45. The molecule has 1 N–H and O–H groups in total. The van der Waals surface area contributed by atoms with E-state index in [-0.39, 0.29) is 0 Å². The van der Waals surface area contributed by atoms with Gasteiger partial charge >= 0.3 is 0 Å². The van der Waals surface area contributed by atoms with E-state index < -0.39 is 5.60 Å². The summed E-state index contributed by atoms with van der Waals surface area (Å²) in [6.07, 6.45) is 4.19. The summed E-state index contributed by atoms with van der Waals surface area (Å²) in [4.78, 5) is 7.52. The largest absolute Gasteiger partial charge is 0.385 e. The normalized spacial score (nSPS) is 28.5. The Balaban J connectivity index is 1.26. The zero-order valence-corrected chi connectivity index (χ0v) is 19.6. The van der Waals surface area contributed by atoms with Crippen LogP contribution in [0.3, 0.4) is 0 Å². The topological polar surface area (TPSA) is 30.0 Å². The van der Waals surface area contributed by atoms with Crippen molar-refractivity contribution in [1.82, 2.24) is 14.7 Å². The van der Waals surface area contributed by atoms with E-state index in [4.69, 9.17) is 0 Å². The molecule has 172 valence electrons. The van der Waals surface area contributed by atoms with E-state index in [9.17, 15) is 5.11 Å². The summed E-state index contributed by atoms with van der Waals surface area (Å²) in [5.41, 5.74) is 3.09. The summed E-state index contributed by atoms with van der Waals surface area (Å²) in [6.45, 7) is 9.14. The number of likely N-dealkylation sites (N-methyl/N-ethyl adjacent to an activating group) is 1. The van der Waals surface area contributed by atoms with Crippen molar-refractivity contribution in [3.8, 4) is 0 Å². The van der Waals surface area contributed by atoms with Crippen molar-refractivity contribution < 1.29 is 5.11 Å². The van der Waals surface area contributed by atoms with Crippen LogP contribution in [0.25, 0.3) is 0 Å². The molecule has 4 heterocycles. The van der Waals surface area contributed by atoms with Gasteiger partial charge in [-0.25, -0.2) is 0 Å². The Morgan fingerprint density at radius 3 is 2.12 bits per heavy atom. The number of aliphatic hydroxyl groups is 1. The van der Waals surface area contributed by atoms with E-state index in [1.54, 1.807) is 0 Å². The molecule has 2 unspecified atom stereocenters. The van der Waals surface area contributed by atoms with Gasteiger partial charge in [0.15, 0.2) is 0 Å². The molecule has 2 aromatic carbocycles. The van der Waals surface area contributed by atoms with Crippen molar-refractivity contribution in [2.45, 2.75) is 37.8 Å². The Morgan fingerprint density at radius 2 is 1.50 bits per heavy atom. The molecule has 2 atom stereocenters. The standard InChI is InChI=1S/C28H39N3O/c1-29-17-19-31(20-18-29)21-24-9-7-23(8-10-24)11-14-28(32,26-5-3-2-4-6-26)27-22-30-15-12-25(27)13-16-30/h2-10,25,27,32H,11-22H2,1H3. The molecule has 32 heavy (non-hydrogen) atoms.